The van der Waals surface area contributed by atoms with Gasteiger partial charge in [-0.25, -0.2) is 13.6 Å². The summed E-state index contributed by atoms with van der Waals surface area (Å²) in [7, 11) is 0. The maximum atomic E-state index is 13.1. The molecule has 140 valence electrons. The number of rotatable bonds is 6. The van der Waals surface area contributed by atoms with Crippen molar-refractivity contribution in [1.29, 1.82) is 0 Å². The Labute approximate surface area is 147 Å². The monoisotopic (exact) mass is 368 g/mol. The maximum Gasteiger partial charge on any atom is 0.325 e. The van der Waals surface area contributed by atoms with Crippen LogP contribution in [0.15, 0.2) is 18.2 Å². The zero-order valence-corrected chi connectivity index (χ0v) is 14.2. The van der Waals surface area contributed by atoms with Crippen molar-refractivity contribution in [2.45, 2.75) is 25.8 Å². The van der Waals surface area contributed by atoms with Crippen LogP contribution in [0.3, 0.4) is 0 Å². The molecule has 1 aromatic carbocycles. The van der Waals surface area contributed by atoms with E-state index in [1.165, 1.54) is 0 Å². The molecule has 1 aromatic rings. The van der Waals surface area contributed by atoms with E-state index in [1.807, 2.05) is 0 Å². The molecule has 1 saturated heterocycles. The standard InChI is InChI=1S/C16H18F2N4O4/c1-3-16(2)14(25)22(15(26)21-16)8-13(24)19-7-12(23)20-9-4-5-10(17)11(18)6-9/h4-6H,3,7-8H2,1-2H3,(H,19,24)(H,20,23)(H,21,26). The first-order chi connectivity index (χ1) is 12.2. The highest BCUT2D eigenvalue weighted by Gasteiger charge is 2.46. The molecule has 3 N–H and O–H groups in total. The van der Waals surface area contributed by atoms with Crippen molar-refractivity contribution >= 4 is 29.4 Å². The second kappa shape index (κ2) is 7.46. The molecule has 0 saturated carbocycles. The van der Waals surface area contributed by atoms with Gasteiger partial charge >= 0.3 is 6.03 Å². The summed E-state index contributed by atoms with van der Waals surface area (Å²) in [5, 5.41) is 7.03. The van der Waals surface area contributed by atoms with E-state index >= 15 is 0 Å². The van der Waals surface area contributed by atoms with Gasteiger partial charge in [0.05, 0.1) is 6.54 Å². The molecule has 1 aliphatic heterocycles. The number of carbonyl (C=O) groups excluding carboxylic acids is 4. The summed E-state index contributed by atoms with van der Waals surface area (Å²) in [5.41, 5.74) is -1.03. The molecule has 1 unspecified atom stereocenters. The zero-order valence-electron chi connectivity index (χ0n) is 14.2. The maximum absolute atomic E-state index is 13.1. The lowest BCUT2D eigenvalue weighted by molar-refractivity contribution is -0.134. The average molecular weight is 368 g/mol. The molecular formula is C16H18F2N4O4. The zero-order chi connectivity index (χ0) is 19.5. The highest BCUT2D eigenvalue weighted by molar-refractivity contribution is 6.09. The van der Waals surface area contributed by atoms with Crippen LogP contribution in [-0.4, -0.2) is 47.3 Å². The molecule has 1 heterocycles. The Hall–Kier alpha value is -3.04. The first kappa shape index (κ1) is 19.3. The predicted molar refractivity (Wildman–Crippen MR) is 86.9 cm³/mol. The van der Waals surface area contributed by atoms with Crippen LogP contribution in [0.25, 0.3) is 0 Å². The number of benzene rings is 1. The summed E-state index contributed by atoms with van der Waals surface area (Å²) < 4.78 is 25.9. The van der Waals surface area contributed by atoms with Crippen molar-refractivity contribution in [2.75, 3.05) is 18.4 Å². The van der Waals surface area contributed by atoms with Crippen molar-refractivity contribution in [3.8, 4) is 0 Å². The molecule has 10 heteroatoms. The Morgan fingerprint density at radius 1 is 1.19 bits per heavy atom. The fourth-order valence-corrected chi connectivity index (χ4v) is 2.29. The summed E-state index contributed by atoms with van der Waals surface area (Å²) in [6, 6.07) is 2.14. The number of halogens is 2. The number of anilines is 1. The van der Waals surface area contributed by atoms with Gasteiger partial charge in [-0.2, -0.15) is 0 Å². The molecule has 2 rings (SSSR count). The number of amides is 5. The van der Waals surface area contributed by atoms with Crippen LogP contribution in [0.4, 0.5) is 19.3 Å². The Bertz CT molecular complexity index is 771. The minimum Gasteiger partial charge on any atom is -0.345 e. The highest BCUT2D eigenvalue weighted by atomic mass is 19.2. The summed E-state index contributed by atoms with van der Waals surface area (Å²) in [4.78, 5) is 48.3. The Morgan fingerprint density at radius 3 is 2.46 bits per heavy atom. The molecule has 1 atom stereocenters. The van der Waals surface area contributed by atoms with Crippen molar-refractivity contribution in [1.82, 2.24) is 15.5 Å². The predicted octanol–water partition coefficient (Wildman–Crippen LogP) is 0.740. The van der Waals surface area contributed by atoms with E-state index in [0.717, 1.165) is 23.1 Å². The second-order valence-electron chi connectivity index (χ2n) is 5.96. The van der Waals surface area contributed by atoms with Crippen LogP contribution in [0.5, 0.6) is 0 Å². The largest absolute Gasteiger partial charge is 0.345 e. The van der Waals surface area contributed by atoms with Gasteiger partial charge in [0.1, 0.15) is 12.1 Å². The van der Waals surface area contributed by atoms with Gasteiger partial charge in [-0.1, -0.05) is 6.92 Å². The fraction of sp³-hybridized carbons (Fsp3) is 0.375. The molecule has 8 nitrogen and oxygen atoms in total. The number of hydrogen-bond donors (Lipinski definition) is 3. The third-order valence-corrected chi connectivity index (χ3v) is 4.00. The van der Waals surface area contributed by atoms with E-state index in [4.69, 9.17) is 0 Å². The lowest BCUT2D eigenvalue weighted by Crippen LogP contribution is -2.45. The summed E-state index contributed by atoms with van der Waals surface area (Å²) in [6.45, 7) is 2.29. The quantitative estimate of drug-likeness (QED) is 0.644. The van der Waals surface area contributed by atoms with Crippen molar-refractivity contribution in [3.05, 3.63) is 29.8 Å². The minimum atomic E-state index is -1.12. The lowest BCUT2D eigenvalue weighted by atomic mass is 9.99. The minimum absolute atomic E-state index is 0.0240. The van der Waals surface area contributed by atoms with Crippen LogP contribution in [-0.2, 0) is 14.4 Å². The van der Waals surface area contributed by atoms with Gasteiger partial charge in [-0.3, -0.25) is 19.3 Å². The van der Waals surface area contributed by atoms with Crippen molar-refractivity contribution in [3.63, 3.8) is 0 Å². The molecule has 0 bridgehead atoms. The van der Waals surface area contributed by atoms with Gasteiger partial charge in [0.2, 0.25) is 11.8 Å². The molecule has 26 heavy (non-hydrogen) atoms. The van der Waals surface area contributed by atoms with Gasteiger partial charge in [-0.15, -0.1) is 0 Å². The van der Waals surface area contributed by atoms with E-state index < -0.39 is 54.0 Å². The van der Waals surface area contributed by atoms with Crippen LogP contribution in [0.1, 0.15) is 20.3 Å². The third-order valence-electron chi connectivity index (χ3n) is 4.00. The van der Waals surface area contributed by atoms with E-state index in [1.54, 1.807) is 13.8 Å². The molecule has 1 aliphatic rings. The van der Waals surface area contributed by atoms with E-state index in [-0.39, 0.29) is 5.69 Å². The fourth-order valence-electron chi connectivity index (χ4n) is 2.29. The van der Waals surface area contributed by atoms with Crippen LogP contribution >= 0.6 is 0 Å². The second-order valence-corrected chi connectivity index (χ2v) is 5.96. The van der Waals surface area contributed by atoms with Gasteiger partial charge in [-0.05, 0) is 25.5 Å². The first-order valence-corrected chi connectivity index (χ1v) is 7.82. The topological polar surface area (TPSA) is 108 Å². The van der Waals surface area contributed by atoms with Crippen molar-refractivity contribution in [2.24, 2.45) is 0 Å². The number of nitrogens with one attached hydrogen (secondary N) is 3. The Balaban J connectivity index is 1.85. The number of carbonyl (C=O) groups is 4. The van der Waals surface area contributed by atoms with Gasteiger partial charge in [0.15, 0.2) is 11.6 Å². The third kappa shape index (κ3) is 4.13. The summed E-state index contributed by atoms with van der Waals surface area (Å²) in [5.74, 6) is -4.09. The molecule has 1 fully saturated rings. The molecule has 5 amide bonds. The number of nitrogens with zero attached hydrogens (tertiary/aromatic N) is 1. The van der Waals surface area contributed by atoms with Crippen LogP contribution in [0.2, 0.25) is 0 Å². The van der Waals surface area contributed by atoms with Crippen LogP contribution in [0, 0.1) is 11.6 Å². The smallest absolute Gasteiger partial charge is 0.325 e. The SMILES string of the molecule is CCC1(C)NC(=O)N(CC(=O)NCC(=O)Nc2ccc(F)c(F)c2)C1=O. The van der Waals surface area contributed by atoms with Crippen molar-refractivity contribution < 1.29 is 28.0 Å². The molecule has 0 radical (unpaired) electrons. The Morgan fingerprint density at radius 2 is 1.88 bits per heavy atom. The normalized spacial score (nSPS) is 19.3. The van der Waals surface area contributed by atoms with Gasteiger partial charge in [0.25, 0.3) is 5.91 Å². The highest BCUT2D eigenvalue weighted by Crippen LogP contribution is 2.20. The first-order valence-electron chi connectivity index (χ1n) is 7.82. The summed E-state index contributed by atoms with van der Waals surface area (Å²) >= 11 is 0. The van der Waals surface area contributed by atoms with Gasteiger partial charge < -0.3 is 16.0 Å². The van der Waals surface area contributed by atoms with Gasteiger partial charge in [0, 0.05) is 11.8 Å². The molecule has 0 aliphatic carbocycles. The number of urea groups is 1. The van der Waals surface area contributed by atoms with Crippen LogP contribution < -0.4 is 16.0 Å². The molecular weight excluding hydrogens is 350 g/mol. The molecule has 0 aromatic heterocycles. The van der Waals surface area contributed by atoms with E-state index in [0.29, 0.717) is 6.42 Å². The van der Waals surface area contributed by atoms with E-state index in [9.17, 15) is 28.0 Å². The number of hydrogen-bond acceptors (Lipinski definition) is 4. The molecule has 0 spiro atoms. The Kier molecular flexibility index (Phi) is 5.53. The average Bonchev–Trinajstić information content (AvgIpc) is 2.80. The summed E-state index contributed by atoms with van der Waals surface area (Å²) in [6.07, 6.45) is 0.367. The van der Waals surface area contributed by atoms with E-state index in [2.05, 4.69) is 16.0 Å². The number of imide groups is 1. The lowest BCUT2D eigenvalue weighted by Gasteiger charge is -2.19.